The molecule has 0 aliphatic rings. The summed E-state index contributed by atoms with van der Waals surface area (Å²) in [5, 5.41) is 2.83. The second-order valence-electron chi connectivity index (χ2n) is 3.41. The van der Waals surface area contributed by atoms with E-state index in [1.165, 1.54) is 0 Å². The van der Waals surface area contributed by atoms with Gasteiger partial charge in [-0.15, -0.1) is 0 Å². The zero-order chi connectivity index (χ0) is 11.7. The Morgan fingerprint density at radius 3 is 2.00 bits per heavy atom. The van der Waals surface area contributed by atoms with Gasteiger partial charge in [-0.2, -0.15) is 0 Å². The first kappa shape index (κ1) is 15.1. The first-order valence-electron chi connectivity index (χ1n) is 5.81. The molecule has 91 valence electrons. The summed E-state index contributed by atoms with van der Waals surface area (Å²) in [4.78, 5) is 0. The van der Waals surface area contributed by atoms with Crippen molar-refractivity contribution in [3.05, 3.63) is 0 Å². The number of hydrogen-bond donors (Lipinski definition) is 2. The van der Waals surface area contributed by atoms with E-state index in [0.29, 0.717) is 13.2 Å². The van der Waals surface area contributed by atoms with Crippen molar-refractivity contribution in [3.63, 3.8) is 0 Å². The summed E-state index contributed by atoms with van der Waals surface area (Å²) in [6.07, 6.45) is 1.91. The van der Waals surface area contributed by atoms with E-state index in [1.54, 1.807) is 0 Å². The van der Waals surface area contributed by atoms with Crippen LogP contribution in [0.2, 0.25) is 0 Å². The van der Waals surface area contributed by atoms with Crippen LogP contribution in [-0.2, 0) is 8.85 Å². The van der Waals surface area contributed by atoms with Crippen LogP contribution in [0.4, 0.5) is 0 Å². The lowest BCUT2D eigenvalue weighted by Gasteiger charge is -2.34. The first-order valence-corrected chi connectivity index (χ1v) is 7.13. The molecule has 0 saturated heterocycles. The maximum absolute atomic E-state index is 6.32. The van der Waals surface area contributed by atoms with Gasteiger partial charge in [0, 0.05) is 13.2 Å². The van der Waals surface area contributed by atoms with Gasteiger partial charge in [0.25, 0.3) is 0 Å². The molecule has 0 saturated carbocycles. The van der Waals surface area contributed by atoms with Crippen molar-refractivity contribution in [3.8, 4) is 0 Å². The van der Waals surface area contributed by atoms with Gasteiger partial charge in [0.1, 0.15) is 5.29 Å². The molecule has 0 fully saturated rings. The average Bonchev–Trinajstić information content (AvgIpc) is 2.18. The smallest absolute Gasteiger partial charge is 0.392 e. The Kier molecular flexibility index (Phi) is 8.27. The number of rotatable bonds is 9. The normalized spacial score (nSPS) is 15.6. The quantitative estimate of drug-likeness (QED) is 0.463. The molecule has 0 spiro atoms. The van der Waals surface area contributed by atoms with Gasteiger partial charge in [0.2, 0.25) is 0 Å². The van der Waals surface area contributed by atoms with E-state index in [0.717, 1.165) is 19.4 Å². The van der Waals surface area contributed by atoms with Gasteiger partial charge in [-0.05, 0) is 26.8 Å². The topological polar surface area (TPSA) is 56.5 Å². The fourth-order valence-corrected chi connectivity index (χ4v) is 3.43. The molecule has 4 nitrogen and oxygen atoms in total. The standard InChI is InChI=1S/C10H25N2O2Si/c1-5-9-10(11,12-6-2)15(13-7-3)14-8-4/h12H,5-9,11H2,1-4H3. The largest absolute Gasteiger partial charge is 0.422 e. The predicted octanol–water partition coefficient (Wildman–Crippen LogP) is 1.15. The van der Waals surface area contributed by atoms with Gasteiger partial charge < -0.3 is 14.6 Å². The minimum atomic E-state index is -1.44. The van der Waals surface area contributed by atoms with Crippen LogP contribution in [-0.4, -0.2) is 34.3 Å². The Balaban J connectivity index is 4.48. The minimum absolute atomic E-state index is 0.472. The highest BCUT2D eigenvalue weighted by Gasteiger charge is 2.39. The lowest BCUT2D eigenvalue weighted by Crippen LogP contribution is -2.66. The zero-order valence-corrected chi connectivity index (χ0v) is 11.4. The van der Waals surface area contributed by atoms with Crippen LogP contribution in [0.1, 0.15) is 40.5 Å². The van der Waals surface area contributed by atoms with Crippen molar-refractivity contribution in [2.75, 3.05) is 19.8 Å². The Morgan fingerprint density at radius 1 is 1.13 bits per heavy atom. The van der Waals surface area contributed by atoms with Crippen LogP contribution >= 0.6 is 0 Å². The molecular weight excluding hydrogens is 208 g/mol. The van der Waals surface area contributed by atoms with Crippen LogP contribution in [0.5, 0.6) is 0 Å². The van der Waals surface area contributed by atoms with Crippen LogP contribution in [0.15, 0.2) is 0 Å². The molecule has 1 atom stereocenters. The molecule has 0 aromatic carbocycles. The third-order valence-corrected chi connectivity index (χ3v) is 4.31. The Labute approximate surface area is 95.4 Å². The Bertz CT molecular complexity index is 146. The van der Waals surface area contributed by atoms with E-state index in [1.807, 2.05) is 13.8 Å². The SMILES string of the molecule is CCCC(N)(NCC)[Si](OCC)OCC. The summed E-state index contributed by atoms with van der Waals surface area (Å²) in [5.41, 5.74) is 6.32. The second-order valence-corrected chi connectivity index (χ2v) is 5.45. The van der Waals surface area contributed by atoms with E-state index < -0.39 is 14.6 Å². The maximum Gasteiger partial charge on any atom is 0.422 e. The third-order valence-electron chi connectivity index (χ3n) is 2.05. The van der Waals surface area contributed by atoms with Crippen molar-refractivity contribution < 1.29 is 8.85 Å². The molecule has 0 aromatic rings. The fraction of sp³-hybridized carbons (Fsp3) is 1.00. The van der Waals surface area contributed by atoms with Gasteiger partial charge in [-0.3, -0.25) is 5.32 Å². The van der Waals surface area contributed by atoms with Gasteiger partial charge >= 0.3 is 9.28 Å². The summed E-state index contributed by atoms with van der Waals surface area (Å²) in [7, 11) is -1.44. The molecule has 15 heavy (non-hydrogen) atoms. The molecular formula is C10H25N2O2Si. The Hall–Kier alpha value is 0.0569. The van der Waals surface area contributed by atoms with Crippen LogP contribution in [0, 0.1) is 0 Å². The average molecular weight is 233 g/mol. The van der Waals surface area contributed by atoms with Crippen molar-refractivity contribution >= 4 is 9.28 Å². The molecule has 1 radical (unpaired) electrons. The number of nitrogens with one attached hydrogen (secondary N) is 1. The van der Waals surface area contributed by atoms with Crippen LogP contribution < -0.4 is 11.1 Å². The molecule has 0 bridgehead atoms. The van der Waals surface area contributed by atoms with E-state index in [-0.39, 0.29) is 0 Å². The molecule has 3 N–H and O–H groups in total. The zero-order valence-electron chi connectivity index (χ0n) is 10.4. The maximum atomic E-state index is 6.32. The van der Waals surface area contributed by atoms with Gasteiger partial charge in [-0.1, -0.05) is 20.3 Å². The highest BCUT2D eigenvalue weighted by atomic mass is 28.3. The fourth-order valence-electron chi connectivity index (χ4n) is 1.53. The third kappa shape index (κ3) is 5.08. The van der Waals surface area contributed by atoms with E-state index >= 15 is 0 Å². The molecule has 0 aromatic heterocycles. The monoisotopic (exact) mass is 233 g/mol. The summed E-state index contributed by atoms with van der Waals surface area (Å²) >= 11 is 0. The summed E-state index contributed by atoms with van der Waals surface area (Å²) in [5.74, 6) is 0. The van der Waals surface area contributed by atoms with E-state index in [4.69, 9.17) is 14.6 Å². The van der Waals surface area contributed by atoms with Crippen molar-refractivity contribution in [2.24, 2.45) is 5.73 Å². The lowest BCUT2D eigenvalue weighted by atomic mass is 10.3. The van der Waals surface area contributed by atoms with Crippen LogP contribution in [0.3, 0.4) is 0 Å². The van der Waals surface area contributed by atoms with Crippen molar-refractivity contribution in [2.45, 2.75) is 45.8 Å². The van der Waals surface area contributed by atoms with E-state index in [9.17, 15) is 0 Å². The molecule has 1 unspecified atom stereocenters. The second kappa shape index (κ2) is 8.24. The lowest BCUT2D eigenvalue weighted by molar-refractivity contribution is 0.172. The van der Waals surface area contributed by atoms with Crippen LogP contribution in [0.25, 0.3) is 0 Å². The van der Waals surface area contributed by atoms with Gasteiger partial charge in [0.05, 0.1) is 0 Å². The highest BCUT2D eigenvalue weighted by molar-refractivity contribution is 6.48. The minimum Gasteiger partial charge on any atom is -0.392 e. The summed E-state index contributed by atoms with van der Waals surface area (Å²) in [6.45, 7) is 10.3. The van der Waals surface area contributed by atoms with E-state index in [2.05, 4.69) is 19.2 Å². The number of nitrogens with two attached hydrogens (primary N) is 1. The number of hydrogen-bond acceptors (Lipinski definition) is 4. The molecule has 0 aliphatic carbocycles. The van der Waals surface area contributed by atoms with Gasteiger partial charge in [0.15, 0.2) is 0 Å². The first-order chi connectivity index (χ1) is 7.14. The highest BCUT2D eigenvalue weighted by Crippen LogP contribution is 2.12. The molecule has 0 aliphatic heterocycles. The van der Waals surface area contributed by atoms with Crippen molar-refractivity contribution in [1.82, 2.24) is 5.32 Å². The molecule has 5 heteroatoms. The van der Waals surface area contributed by atoms with Crippen molar-refractivity contribution in [1.29, 1.82) is 0 Å². The Morgan fingerprint density at radius 2 is 1.67 bits per heavy atom. The summed E-state index contributed by atoms with van der Waals surface area (Å²) in [6, 6.07) is 0. The molecule has 0 rings (SSSR count). The summed E-state index contributed by atoms with van der Waals surface area (Å²) < 4.78 is 11.3. The molecule has 0 amide bonds. The van der Waals surface area contributed by atoms with Gasteiger partial charge in [-0.25, -0.2) is 0 Å². The molecule has 0 heterocycles. The predicted molar refractivity (Wildman–Crippen MR) is 64.5 cm³/mol.